The fourth-order valence-corrected chi connectivity index (χ4v) is 0.921. The van der Waals surface area contributed by atoms with E-state index in [0.717, 1.165) is 0 Å². The van der Waals surface area contributed by atoms with Crippen molar-refractivity contribution >= 4 is 11.9 Å². The lowest BCUT2D eigenvalue weighted by molar-refractivity contribution is -0.158. The van der Waals surface area contributed by atoms with Gasteiger partial charge < -0.3 is 9.25 Å². The van der Waals surface area contributed by atoms with Crippen LogP contribution in [0.3, 0.4) is 0 Å². The monoisotopic (exact) mass is 225 g/mol. The van der Waals surface area contributed by atoms with Gasteiger partial charge in [0.15, 0.2) is 0 Å². The van der Waals surface area contributed by atoms with Gasteiger partial charge in [-0.05, 0) is 33.8 Å². The molecular weight excluding hydrogens is 210 g/mol. The number of hydrogen-bond acceptors (Lipinski definition) is 4. The molecule has 0 atom stereocenters. The van der Waals surface area contributed by atoms with E-state index in [1.165, 1.54) is 12.3 Å². The van der Waals surface area contributed by atoms with E-state index in [1.807, 2.05) is 0 Å². The highest BCUT2D eigenvalue weighted by atomic mass is 16.7. The summed E-state index contributed by atoms with van der Waals surface area (Å²) in [7, 11) is 0. The molecule has 5 nitrogen and oxygen atoms in total. The second kappa shape index (κ2) is 4.38. The summed E-state index contributed by atoms with van der Waals surface area (Å²) in [6.45, 7) is 6.75. The summed E-state index contributed by atoms with van der Waals surface area (Å²) < 4.78 is 4.96. The Morgan fingerprint density at radius 3 is 2.44 bits per heavy atom. The third kappa shape index (κ3) is 2.85. The van der Waals surface area contributed by atoms with Gasteiger partial charge in [0.25, 0.3) is 5.91 Å². The number of rotatable bonds is 1. The van der Waals surface area contributed by atoms with E-state index in [-0.39, 0.29) is 0 Å². The Hall–Kier alpha value is -1.78. The molecule has 88 valence electrons. The molecule has 0 aliphatic carbocycles. The van der Waals surface area contributed by atoms with Gasteiger partial charge in [0.05, 0.1) is 17.2 Å². The van der Waals surface area contributed by atoms with Crippen molar-refractivity contribution in [2.75, 3.05) is 0 Å². The van der Waals surface area contributed by atoms with Crippen molar-refractivity contribution in [3.8, 4) is 0 Å². The van der Waals surface area contributed by atoms with E-state index in [9.17, 15) is 9.59 Å². The molecule has 0 radical (unpaired) electrons. The molecule has 1 rings (SSSR count). The third-order valence-electron chi connectivity index (χ3n) is 1.95. The number of carbonyl (C=O) groups is 2. The summed E-state index contributed by atoms with van der Waals surface area (Å²) in [5.41, 5.74) is 1.78. The van der Waals surface area contributed by atoms with Crippen molar-refractivity contribution < 1.29 is 18.8 Å². The smallest absolute Gasteiger partial charge is 0.337 e. The van der Waals surface area contributed by atoms with E-state index in [2.05, 4.69) is 10.3 Å². The van der Waals surface area contributed by atoms with Crippen LogP contribution in [0.1, 0.15) is 36.9 Å². The first-order chi connectivity index (χ1) is 7.32. The number of amides is 1. The van der Waals surface area contributed by atoms with E-state index in [1.54, 1.807) is 27.7 Å². The second-order valence-electron chi connectivity index (χ2n) is 4.46. The fraction of sp³-hybridized carbons (Fsp3) is 0.455. The lowest BCUT2D eigenvalue weighted by Crippen LogP contribution is -2.33. The lowest BCUT2D eigenvalue weighted by atomic mass is 9.98. The molecule has 16 heavy (non-hydrogen) atoms. The number of aryl methyl sites for hydroxylation is 1. The molecule has 1 aromatic rings. The van der Waals surface area contributed by atoms with Gasteiger partial charge in [-0.15, -0.1) is 0 Å². The minimum Gasteiger partial charge on any atom is -0.469 e. The standard InChI is InChI=1S/C11H15NO4/c1-7-8(5-6-15-7)9(13)12-16-10(14)11(2,3)4/h5-6H,1-4H3,(H,12,13). The molecule has 0 unspecified atom stereocenters. The third-order valence-corrected chi connectivity index (χ3v) is 1.95. The molecular formula is C11H15NO4. The molecule has 0 bridgehead atoms. The predicted octanol–water partition coefficient (Wildman–Crippen LogP) is 1.82. The molecule has 0 saturated heterocycles. The van der Waals surface area contributed by atoms with Gasteiger partial charge in [-0.1, -0.05) is 0 Å². The van der Waals surface area contributed by atoms with E-state index in [4.69, 9.17) is 4.42 Å². The zero-order chi connectivity index (χ0) is 12.3. The van der Waals surface area contributed by atoms with Gasteiger partial charge in [0.1, 0.15) is 5.76 Å². The Morgan fingerprint density at radius 2 is 2.00 bits per heavy atom. The highest BCUT2D eigenvalue weighted by Gasteiger charge is 2.24. The Morgan fingerprint density at radius 1 is 1.38 bits per heavy atom. The Labute approximate surface area is 93.7 Å². The Kier molecular flexibility index (Phi) is 3.37. The quantitative estimate of drug-likeness (QED) is 0.740. The van der Waals surface area contributed by atoms with Crippen LogP contribution in [0.15, 0.2) is 16.7 Å². The number of furan rings is 1. The van der Waals surface area contributed by atoms with Crippen LogP contribution in [0.25, 0.3) is 0 Å². The van der Waals surface area contributed by atoms with Gasteiger partial charge in [0, 0.05) is 0 Å². The molecule has 0 saturated carbocycles. The molecule has 1 aromatic heterocycles. The zero-order valence-corrected chi connectivity index (χ0v) is 9.79. The molecule has 0 spiro atoms. The minimum atomic E-state index is -0.654. The van der Waals surface area contributed by atoms with Gasteiger partial charge in [0.2, 0.25) is 0 Å². The van der Waals surface area contributed by atoms with Crippen LogP contribution in [-0.4, -0.2) is 11.9 Å². The Balaban J connectivity index is 2.55. The number of carbonyl (C=O) groups excluding carboxylic acids is 2. The van der Waals surface area contributed by atoms with Crippen LogP contribution in [0, 0.1) is 12.3 Å². The van der Waals surface area contributed by atoms with Gasteiger partial charge in [-0.3, -0.25) is 4.79 Å². The molecule has 1 amide bonds. The van der Waals surface area contributed by atoms with Crippen molar-refractivity contribution in [1.82, 2.24) is 5.48 Å². The summed E-state index contributed by atoms with van der Waals surface area (Å²) in [6.07, 6.45) is 1.40. The van der Waals surface area contributed by atoms with Crippen molar-refractivity contribution in [2.24, 2.45) is 5.41 Å². The van der Waals surface area contributed by atoms with Crippen LogP contribution in [0.5, 0.6) is 0 Å². The summed E-state index contributed by atoms with van der Waals surface area (Å²) in [4.78, 5) is 27.5. The fourth-order valence-electron chi connectivity index (χ4n) is 0.921. The Bertz CT molecular complexity index is 400. The molecule has 0 aliphatic heterocycles. The maximum Gasteiger partial charge on any atom is 0.337 e. The molecule has 0 aliphatic rings. The van der Waals surface area contributed by atoms with Gasteiger partial charge in [-0.25, -0.2) is 4.79 Å². The summed E-state index contributed by atoms with van der Waals surface area (Å²) >= 11 is 0. The zero-order valence-electron chi connectivity index (χ0n) is 9.79. The van der Waals surface area contributed by atoms with Crippen LogP contribution in [0.4, 0.5) is 0 Å². The summed E-state index contributed by atoms with van der Waals surface area (Å²) in [5.74, 6) is -0.518. The molecule has 0 aromatic carbocycles. The van der Waals surface area contributed by atoms with Gasteiger partial charge >= 0.3 is 5.97 Å². The first-order valence-corrected chi connectivity index (χ1v) is 4.88. The summed E-state index contributed by atoms with van der Waals surface area (Å²) in [5, 5.41) is 0. The van der Waals surface area contributed by atoms with Crippen LogP contribution < -0.4 is 5.48 Å². The predicted molar refractivity (Wildman–Crippen MR) is 56.5 cm³/mol. The first kappa shape index (κ1) is 12.3. The second-order valence-corrected chi connectivity index (χ2v) is 4.46. The number of hydrogen-bond donors (Lipinski definition) is 1. The highest BCUT2D eigenvalue weighted by molar-refractivity contribution is 5.95. The average molecular weight is 225 g/mol. The van der Waals surface area contributed by atoms with Crippen molar-refractivity contribution in [1.29, 1.82) is 0 Å². The van der Waals surface area contributed by atoms with Crippen molar-refractivity contribution in [3.63, 3.8) is 0 Å². The highest BCUT2D eigenvalue weighted by Crippen LogP contribution is 2.14. The molecule has 5 heteroatoms. The summed E-state index contributed by atoms with van der Waals surface area (Å²) in [6, 6.07) is 1.51. The number of hydroxylamine groups is 1. The minimum absolute atomic E-state index is 0.349. The molecule has 1 N–H and O–H groups in total. The maximum absolute atomic E-state index is 11.5. The molecule has 0 fully saturated rings. The SMILES string of the molecule is Cc1occc1C(=O)NOC(=O)C(C)(C)C. The van der Waals surface area contributed by atoms with Crippen molar-refractivity contribution in [2.45, 2.75) is 27.7 Å². The van der Waals surface area contributed by atoms with Crippen LogP contribution >= 0.6 is 0 Å². The lowest BCUT2D eigenvalue weighted by Gasteiger charge is -2.15. The van der Waals surface area contributed by atoms with Crippen molar-refractivity contribution in [3.05, 3.63) is 23.7 Å². The van der Waals surface area contributed by atoms with Crippen LogP contribution in [-0.2, 0) is 9.63 Å². The van der Waals surface area contributed by atoms with E-state index < -0.39 is 17.3 Å². The molecule has 1 heterocycles. The average Bonchev–Trinajstić information content (AvgIpc) is 2.58. The van der Waals surface area contributed by atoms with Crippen LogP contribution in [0.2, 0.25) is 0 Å². The largest absolute Gasteiger partial charge is 0.469 e. The van der Waals surface area contributed by atoms with Gasteiger partial charge in [-0.2, -0.15) is 5.48 Å². The number of nitrogens with one attached hydrogen (secondary N) is 1. The van der Waals surface area contributed by atoms with E-state index >= 15 is 0 Å². The topological polar surface area (TPSA) is 68.5 Å². The van der Waals surface area contributed by atoms with E-state index in [0.29, 0.717) is 11.3 Å². The normalized spacial score (nSPS) is 11.0. The maximum atomic E-state index is 11.5. The first-order valence-electron chi connectivity index (χ1n) is 4.88.